The summed E-state index contributed by atoms with van der Waals surface area (Å²) in [7, 11) is -2.01. The smallest absolute Gasteiger partial charge is 0.312 e. The van der Waals surface area contributed by atoms with Gasteiger partial charge in [0.2, 0.25) is 0 Å². The minimum absolute atomic E-state index is 0.0231. The summed E-state index contributed by atoms with van der Waals surface area (Å²) in [6.45, 7) is 1.84. The molecule has 1 aromatic carbocycles. The molecule has 1 fully saturated rings. The third-order valence-electron chi connectivity index (χ3n) is 3.15. The first-order valence-corrected chi connectivity index (χ1v) is 7.49. The van der Waals surface area contributed by atoms with Crippen LogP contribution >= 0.6 is 11.6 Å². The number of hydrogen-bond acceptors (Lipinski definition) is 4. The molecule has 0 saturated heterocycles. The van der Waals surface area contributed by atoms with Gasteiger partial charge < -0.3 is 8.92 Å². The summed E-state index contributed by atoms with van der Waals surface area (Å²) in [6, 6.07) is 4.85. The van der Waals surface area contributed by atoms with Gasteiger partial charge in [0.15, 0.2) is 0 Å². The molecule has 1 aliphatic rings. The minimum Gasteiger partial charge on any atom is -0.382 e. The van der Waals surface area contributed by atoms with E-state index in [0.717, 1.165) is 5.56 Å². The van der Waals surface area contributed by atoms with Crippen LogP contribution in [0.3, 0.4) is 0 Å². The lowest BCUT2D eigenvalue weighted by Crippen LogP contribution is -2.42. The van der Waals surface area contributed by atoms with Crippen molar-refractivity contribution >= 4 is 21.7 Å². The first kappa shape index (κ1) is 13.6. The fraction of sp³-hybridized carbons (Fsp3) is 0.500. The molecule has 100 valence electrons. The Morgan fingerprint density at radius 2 is 2.00 bits per heavy atom. The highest BCUT2D eigenvalue weighted by Gasteiger charge is 2.40. The lowest BCUT2D eigenvalue weighted by Gasteiger charge is -2.32. The van der Waals surface area contributed by atoms with Gasteiger partial charge in [-0.05, 0) is 31.4 Å². The quantitative estimate of drug-likeness (QED) is 0.800. The summed E-state index contributed by atoms with van der Waals surface area (Å²) in [4.78, 5) is 0. The molecular weight excluding hydrogens is 276 g/mol. The van der Waals surface area contributed by atoms with Crippen LogP contribution in [0.4, 0.5) is 0 Å². The van der Waals surface area contributed by atoms with E-state index in [0.29, 0.717) is 17.9 Å². The standard InChI is InChI=1S/C12H15ClO4S/c1-8-3-4-9(7-12(8)13)17-18(14,15)11-5-10(6-11)16-2/h3-4,7,10-11H,5-6H2,1-2H3. The number of hydrogen-bond donors (Lipinski definition) is 0. The Morgan fingerprint density at radius 1 is 1.33 bits per heavy atom. The largest absolute Gasteiger partial charge is 0.382 e. The van der Waals surface area contributed by atoms with Gasteiger partial charge in [-0.2, -0.15) is 8.42 Å². The molecule has 0 aliphatic heterocycles. The van der Waals surface area contributed by atoms with Crippen LogP contribution in [0.25, 0.3) is 0 Å². The van der Waals surface area contributed by atoms with Crippen LogP contribution in [0.1, 0.15) is 18.4 Å². The van der Waals surface area contributed by atoms with Crippen molar-refractivity contribution in [3.63, 3.8) is 0 Å². The number of rotatable bonds is 4. The molecule has 1 aromatic rings. The molecular formula is C12H15ClO4S. The van der Waals surface area contributed by atoms with E-state index in [2.05, 4.69) is 0 Å². The predicted molar refractivity (Wildman–Crippen MR) is 69.6 cm³/mol. The van der Waals surface area contributed by atoms with Crippen LogP contribution < -0.4 is 4.18 Å². The van der Waals surface area contributed by atoms with Gasteiger partial charge >= 0.3 is 10.1 Å². The number of ether oxygens (including phenoxy) is 1. The molecule has 0 atom stereocenters. The summed E-state index contributed by atoms with van der Waals surface area (Å²) in [5.41, 5.74) is 0.879. The van der Waals surface area contributed by atoms with E-state index in [4.69, 9.17) is 20.5 Å². The molecule has 4 nitrogen and oxygen atoms in total. The van der Waals surface area contributed by atoms with E-state index >= 15 is 0 Å². The zero-order valence-corrected chi connectivity index (χ0v) is 11.8. The van der Waals surface area contributed by atoms with E-state index in [9.17, 15) is 8.42 Å². The first-order chi connectivity index (χ1) is 8.42. The molecule has 0 amide bonds. The molecule has 18 heavy (non-hydrogen) atoms. The molecule has 1 aliphatic carbocycles. The molecule has 0 heterocycles. The van der Waals surface area contributed by atoms with Gasteiger partial charge in [-0.1, -0.05) is 17.7 Å². The Labute approximate surface area is 112 Å². The van der Waals surface area contributed by atoms with Gasteiger partial charge in [-0.3, -0.25) is 0 Å². The average Bonchev–Trinajstić information content (AvgIpc) is 2.21. The summed E-state index contributed by atoms with van der Waals surface area (Å²) >= 11 is 5.92. The highest BCUT2D eigenvalue weighted by Crippen LogP contribution is 2.31. The van der Waals surface area contributed by atoms with Gasteiger partial charge in [0.05, 0.1) is 6.10 Å². The Kier molecular flexibility index (Phi) is 3.84. The normalized spacial score (nSPS) is 23.5. The maximum Gasteiger partial charge on any atom is 0.312 e. The lowest BCUT2D eigenvalue weighted by molar-refractivity contribution is 0.0422. The van der Waals surface area contributed by atoms with E-state index < -0.39 is 15.4 Å². The van der Waals surface area contributed by atoms with Gasteiger partial charge in [0.25, 0.3) is 0 Å². The SMILES string of the molecule is COC1CC(S(=O)(=O)Oc2ccc(C)c(Cl)c2)C1. The number of aryl methyl sites for hydroxylation is 1. The second-order valence-corrected chi connectivity index (χ2v) is 6.66. The maximum absolute atomic E-state index is 11.9. The number of benzene rings is 1. The van der Waals surface area contributed by atoms with Crippen LogP contribution in [0.2, 0.25) is 5.02 Å². The molecule has 6 heteroatoms. The lowest BCUT2D eigenvalue weighted by atomic mass is 9.95. The topological polar surface area (TPSA) is 52.6 Å². The molecule has 0 unspecified atom stereocenters. The highest BCUT2D eigenvalue weighted by molar-refractivity contribution is 7.87. The third kappa shape index (κ3) is 2.79. The van der Waals surface area contributed by atoms with Crippen LogP contribution in [-0.4, -0.2) is 26.9 Å². The van der Waals surface area contributed by atoms with Gasteiger partial charge in [-0.15, -0.1) is 0 Å². The Hall–Kier alpha value is -0.780. The summed E-state index contributed by atoms with van der Waals surface area (Å²) in [6.07, 6.45) is 0.992. The van der Waals surface area contributed by atoms with Gasteiger partial charge in [-0.25, -0.2) is 0 Å². The van der Waals surface area contributed by atoms with Gasteiger partial charge in [0, 0.05) is 18.2 Å². The fourth-order valence-corrected chi connectivity index (χ4v) is 3.35. The van der Waals surface area contributed by atoms with Crippen molar-refractivity contribution in [1.29, 1.82) is 0 Å². The molecule has 0 N–H and O–H groups in total. The van der Waals surface area contributed by atoms with E-state index in [1.54, 1.807) is 19.2 Å². The molecule has 0 spiro atoms. The Morgan fingerprint density at radius 3 is 2.56 bits per heavy atom. The zero-order valence-electron chi connectivity index (χ0n) is 10.2. The minimum atomic E-state index is -3.59. The van der Waals surface area contributed by atoms with E-state index in [1.165, 1.54) is 6.07 Å². The van der Waals surface area contributed by atoms with Crippen molar-refractivity contribution in [2.45, 2.75) is 31.1 Å². The molecule has 0 aromatic heterocycles. The Bertz CT molecular complexity index is 535. The maximum atomic E-state index is 11.9. The number of methoxy groups -OCH3 is 1. The summed E-state index contributed by atoms with van der Waals surface area (Å²) in [5.74, 6) is 0.256. The van der Waals surface area contributed by atoms with Crippen molar-refractivity contribution in [2.75, 3.05) is 7.11 Å². The van der Waals surface area contributed by atoms with E-state index in [1.807, 2.05) is 6.92 Å². The molecule has 0 radical (unpaired) electrons. The second kappa shape index (κ2) is 5.07. The second-order valence-electron chi connectivity index (χ2n) is 4.44. The van der Waals surface area contributed by atoms with Gasteiger partial charge in [0.1, 0.15) is 11.0 Å². The molecule has 1 saturated carbocycles. The number of halogens is 1. The van der Waals surface area contributed by atoms with E-state index in [-0.39, 0.29) is 11.9 Å². The Balaban J connectivity index is 2.06. The van der Waals surface area contributed by atoms with Crippen LogP contribution in [-0.2, 0) is 14.9 Å². The molecule has 2 rings (SSSR count). The van der Waals surface area contributed by atoms with Crippen molar-refractivity contribution in [1.82, 2.24) is 0 Å². The van der Waals surface area contributed by atoms with Crippen LogP contribution in [0.5, 0.6) is 5.75 Å². The third-order valence-corrected chi connectivity index (χ3v) is 5.18. The summed E-state index contributed by atoms with van der Waals surface area (Å²) in [5, 5.41) is 0.00797. The zero-order chi connectivity index (χ0) is 13.3. The van der Waals surface area contributed by atoms with Crippen molar-refractivity contribution < 1.29 is 17.3 Å². The monoisotopic (exact) mass is 290 g/mol. The summed E-state index contributed by atoms with van der Waals surface area (Å²) < 4.78 is 34.0. The highest BCUT2D eigenvalue weighted by atomic mass is 35.5. The van der Waals surface area contributed by atoms with Crippen molar-refractivity contribution in [3.05, 3.63) is 28.8 Å². The van der Waals surface area contributed by atoms with Crippen LogP contribution in [0.15, 0.2) is 18.2 Å². The van der Waals surface area contributed by atoms with Crippen LogP contribution in [0, 0.1) is 6.92 Å². The molecule has 0 bridgehead atoms. The average molecular weight is 291 g/mol. The first-order valence-electron chi connectivity index (χ1n) is 5.64. The predicted octanol–water partition coefficient (Wildman–Crippen LogP) is 2.53. The fourth-order valence-electron chi connectivity index (χ4n) is 1.77. The van der Waals surface area contributed by atoms with Crippen molar-refractivity contribution in [3.8, 4) is 5.75 Å². The van der Waals surface area contributed by atoms with Crippen molar-refractivity contribution in [2.24, 2.45) is 0 Å².